The van der Waals surface area contributed by atoms with Crippen molar-refractivity contribution in [3.63, 3.8) is 0 Å². The molecule has 0 N–H and O–H groups in total. The predicted octanol–water partition coefficient (Wildman–Crippen LogP) is 3.65. The van der Waals surface area contributed by atoms with Crippen molar-refractivity contribution >= 4 is 28.0 Å². The van der Waals surface area contributed by atoms with Gasteiger partial charge in [-0.25, -0.2) is 4.79 Å². The van der Waals surface area contributed by atoms with Crippen LogP contribution < -0.4 is 4.74 Å². The first-order valence-electron chi connectivity index (χ1n) is 7.78. The molecule has 1 aliphatic heterocycles. The third-order valence-corrected chi connectivity index (χ3v) is 4.45. The highest BCUT2D eigenvalue weighted by Crippen LogP contribution is 2.37. The second-order valence-electron chi connectivity index (χ2n) is 5.83. The van der Waals surface area contributed by atoms with Crippen LogP contribution in [0.5, 0.6) is 5.75 Å². The molecule has 2 heterocycles. The fourth-order valence-corrected chi connectivity index (χ4v) is 3.25. The van der Waals surface area contributed by atoms with Gasteiger partial charge in [-0.2, -0.15) is 0 Å². The zero-order chi connectivity index (χ0) is 16.7. The molecule has 120 valence electrons. The number of cyclic esters (lactones) is 1. The molecule has 24 heavy (non-hydrogen) atoms. The van der Waals surface area contributed by atoms with Gasteiger partial charge in [0.25, 0.3) is 0 Å². The Morgan fingerprint density at radius 3 is 2.58 bits per heavy atom. The molecule has 4 rings (SSSR count). The largest absolute Gasteiger partial charge is 0.497 e. The van der Waals surface area contributed by atoms with E-state index in [2.05, 4.69) is 22.9 Å². The summed E-state index contributed by atoms with van der Waals surface area (Å²) in [5, 5.41) is 1.12. The fraction of sp³-hybridized carbons (Fsp3) is 0.150. The summed E-state index contributed by atoms with van der Waals surface area (Å²) in [5.41, 5.74) is 4.59. The molecule has 0 amide bonds. The molecule has 0 spiro atoms. The van der Waals surface area contributed by atoms with Crippen LogP contribution in [0.1, 0.15) is 11.1 Å². The summed E-state index contributed by atoms with van der Waals surface area (Å²) in [6.07, 6.45) is 2.06. The molecular weight excluding hydrogens is 302 g/mol. The number of rotatable bonds is 3. The number of carbonyl (C=O) groups excluding carboxylic acids is 1. The van der Waals surface area contributed by atoms with E-state index in [1.54, 1.807) is 7.11 Å². The predicted molar refractivity (Wildman–Crippen MR) is 93.7 cm³/mol. The minimum absolute atomic E-state index is 0.275. The van der Waals surface area contributed by atoms with Crippen molar-refractivity contribution in [1.29, 1.82) is 0 Å². The minimum atomic E-state index is -0.275. The zero-order valence-corrected chi connectivity index (χ0v) is 13.6. The van der Waals surface area contributed by atoms with Gasteiger partial charge >= 0.3 is 5.97 Å². The van der Waals surface area contributed by atoms with Crippen molar-refractivity contribution in [3.8, 4) is 5.75 Å². The van der Waals surface area contributed by atoms with Crippen LogP contribution in [0.15, 0.2) is 54.7 Å². The van der Waals surface area contributed by atoms with E-state index in [4.69, 9.17) is 9.47 Å². The zero-order valence-electron chi connectivity index (χ0n) is 13.6. The Morgan fingerprint density at radius 2 is 1.83 bits per heavy atom. The minimum Gasteiger partial charge on any atom is -0.497 e. The van der Waals surface area contributed by atoms with Gasteiger partial charge < -0.3 is 14.0 Å². The SMILES string of the molecule is COc1ccc(C2=C(c3cn(C)c4ccccc34)COC2=O)cc1. The van der Waals surface area contributed by atoms with Gasteiger partial charge in [0.05, 0.1) is 12.7 Å². The van der Waals surface area contributed by atoms with E-state index in [1.807, 2.05) is 43.4 Å². The molecule has 4 nitrogen and oxygen atoms in total. The summed E-state index contributed by atoms with van der Waals surface area (Å²) in [4.78, 5) is 12.3. The van der Waals surface area contributed by atoms with Crippen molar-refractivity contribution in [2.75, 3.05) is 13.7 Å². The fourth-order valence-electron chi connectivity index (χ4n) is 3.25. The molecule has 2 aromatic carbocycles. The van der Waals surface area contributed by atoms with Gasteiger partial charge in [0.15, 0.2) is 0 Å². The highest BCUT2D eigenvalue weighted by Gasteiger charge is 2.28. The number of hydrogen-bond donors (Lipinski definition) is 0. The number of para-hydroxylation sites is 1. The smallest absolute Gasteiger partial charge is 0.339 e. The summed E-state index contributed by atoms with van der Waals surface area (Å²) >= 11 is 0. The average molecular weight is 319 g/mol. The first kappa shape index (κ1) is 14.6. The summed E-state index contributed by atoms with van der Waals surface area (Å²) in [6.45, 7) is 0.300. The number of benzene rings is 2. The molecule has 0 atom stereocenters. The quantitative estimate of drug-likeness (QED) is 0.692. The Bertz CT molecular complexity index is 964. The van der Waals surface area contributed by atoms with Crippen LogP contribution in [-0.4, -0.2) is 24.3 Å². The van der Waals surface area contributed by atoms with Crippen LogP contribution in [0, 0.1) is 0 Å². The maximum atomic E-state index is 12.3. The van der Waals surface area contributed by atoms with Crippen LogP contribution in [0.2, 0.25) is 0 Å². The number of esters is 1. The number of carbonyl (C=O) groups is 1. The lowest BCUT2D eigenvalue weighted by molar-refractivity contribution is -0.133. The Labute approximate surface area is 139 Å². The number of ether oxygens (including phenoxy) is 2. The van der Waals surface area contributed by atoms with Crippen LogP contribution in [0.4, 0.5) is 0 Å². The van der Waals surface area contributed by atoms with Crippen LogP contribution >= 0.6 is 0 Å². The molecule has 0 saturated heterocycles. The summed E-state index contributed by atoms with van der Waals surface area (Å²) in [5.74, 6) is 0.487. The Hall–Kier alpha value is -3.01. The van der Waals surface area contributed by atoms with Gasteiger partial charge in [-0.1, -0.05) is 30.3 Å². The van der Waals surface area contributed by atoms with Crippen LogP contribution in [0.25, 0.3) is 22.0 Å². The van der Waals surface area contributed by atoms with Crippen LogP contribution in [-0.2, 0) is 16.6 Å². The maximum Gasteiger partial charge on any atom is 0.339 e. The van der Waals surface area contributed by atoms with Crippen LogP contribution in [0.3, 0.4) is 0 Å². The summed E-state index contributed by atoms with van der Waals surface area (Å²) in [6, 6.07) is 15.7. The number of fused-ring (bicyclic) bond motifs is 1. The topological polar surface area (TPSA) is 40.5 Å². The molecule has 1 aromatic heterocycles. The van der Waals surface area contributed by atoms with E-state index in [9.17, 15) is 4.79 Å². The van der Waals surface area contributed by atoms with Gasteiger partial charge in [-0.3, -0.25) is 0 Å². The number of nitrogens with zero attached hydrogens (tertiary/aromatic N) is 1. The maximum absolute atomic E-state index is 12.3. The number of aryl methyl sites for hydroxylation is 1. The molecule has 0 saturated carbocycles. The molecule has 0 unspecified atom stereocenters. The normalized spacial score (nSPS) is 14.3. The second kappa shape index (κ2) is 5.57. The van der Waals surface area contributed by atoms with Crippen molar-refractivity contribution in [2.24, 2.45) is 7.05 Å². The molecule has 0 radical (unpaired) electrons. The first-order chi connectivity index (χ1) is 11.7. The van der Waals surface area contributed by atoms with Crippen molar-refractivity contribution in [3.05, 3.63) is 65.9 Å². The monoisotopic (exact) mass is 319 g/mol. The van der Waals surface area contributed by atoms with E-state index >= 15 is 0 Å². The molecule has 0 fully saturated rings. The summed E-state index contributed by atoms with van der Waals surface area (Å²) in [7, 11) is 3.64. The lowest BCUT2D eigenvalue weighted by Crippen LogP contribution is -1.98. The van der Waals surface area contributed by atoms with Gasteiger partial charge in [0, 0.05) is 35.3 Å². The van der Waals surface area contributed by atoms with Crippen molar-refractivity contribution in [1.82, 2.24) is 4.57 Å². The summed E-state index contributed by atoms with van der Waals surface area (Å²) < 4.78 is 12.6. The van der Waals surface area contributed by atoms with E-state index in [0.29, 0.717) is 12.2 Å². The lowest BCUT2D eigenvalue weighted by Gasteiger charge is -2.05. The van der Waals surface area contributed by atoms with Gasteiger partial charge in [-0.15, -0.1) is 0 Å². The third kappa shape index (κ3) is 2.19. The molecule has 0 aliphatic carbocycles. The highest BCUT2D eigenvalue weighted by molar-refractivity contribution is 6.28. The van der Waals surface area contributed by atoms with E-state index in [1.165, 1.54) is 0 Å². The number of aromatic nitrogens is 1. The number of methoxy groups -OCH3 is 1. The standard InChI is InChI=1S/C20H17NO3/c1-21-11-16(15-5-3-4-6-18(15)21)17-12-24-20(22)19(17)13-7-9-14(23-2)10-8-13/h3-11H,12H2,1-2H3. The molecule has 0 bridgehead atoms. The first-order valence-corrected chi connectivity index (χ1v) is 7.78. The Morgan fingerprint density at radius 1 is 1.08 bits per heavy atom. The van der Waals surface area contributed by atoms with Gasteiger partial charge in [-0.05, 0) is 23.8 Å². The van der Waals surface area contributed by atoms with Crippen molar-refractivity contribution in [2.45, 2.75) is 0 Å². The second-order valence-corrected chi connectivity index (χ2v) is 5.83. The average Bonchev–Trinajstić information content (AvgIpc) is 3.16. The van der Waals surface area contributed by atoms with E-state index in [-0.39, 0.29) is 5.97 Å². The number of hydrogen-bond acceptors (Lipinski definition) is 3. The Kier molecular flexibility index (Phi) is 3.38. The van der Waals surface area contributed by atoms with Gasteiger partial charge in [0.2, 0.25) is 0 Å². The molecule has 4 heteroatoms. The van der Waals surface area contributed by atoms with E-state index < -0.39 is 0 Å². The van der Waals surface area contributed by atoms with Crippen molar-refractivity contribution < 1.29 is 14.3 Å². The Balaban J connectivity index is 1.92. The lowest BCUT2D eigenvalue weighted by atomic mass is 9.96. The molecule has 3 aromatic rings. The molecular formula is C20H17NO3. The van der Waals surface area contributed by atoms with Gasteiger partial charge in [0.1, 0.15) is 12.4 Å². The highest BCUT2D eigenvalue weighted by atomic mass is 16.5. The third-order valence-electron chi connectivity index (χ3n) is 4.45. The molecule has 1 aliphatic rings. The van der Waals surface area contributed by atoms with E-state index in [0.717, 1.165) is 33.4 Å².